The van der Waals surface area contributed by atoms with E-state index < -0.39 is 21.6 Å². The van der Waals surface area contributed by atoms with E-state index in [0.717, 1.165) is 23.4 Å². The van der Waals surface area contributed by atoms with Crippen LogP contribution in [0.5, 0.6) is 0 Å². The van der Waals surface area contributed by atoms with Crippen LogP contribution >= 0.6 is 11.6 Å². The number of aromatic nitrogens is 1. The van der Waals surface area contributed by atoms with Gasteiger partial charge in [0.2, 0.25) is 10.0 Å². The molecule has 0 bridgehead atoms. The average Bonchev–Trinajstić information content (AvgIpc) is 2.42. The summed E-state index contributed by atoms with van der Waals surface area (Å²) in [6.07, 6.45) is 1.12. The number of nitrogens with one attached hydrogen (secondary N) is 2. The fraction of sp³-hybridized carbons (Fsp3) is 0.214. The zero-order valence-electron chi connectivity index (χ0n) is 11.6. The summed E-state index contributed by atoms with van der Waals surface area (Å²) in [7, 11) is -3.76. The summed E-state index contributed by atoms with van der Waals surface area (Å²) in [5.41, 5.74) is 1.42. The molecule has 2 rings (SSSR count). The van der Waals surface area contributed by atoms with Crippen molar-refractivity contribution < 1.29 is 8.42 Å². The third-order valence-corrected chi connectivity index (χ3v) is 4.85. The van der Waals surface area contributed by atoms with Crippen molar-refractivity contribution in [2.24, 2.45) is 0 Å². The molecule has 1 unspecified atom stereocenters. The van der Waals surface area contributed by atoms with E-state index >= 15 is 0 Å². The molecule has 0 spiro atoms. The number of hydrogen-bond acceptors (Lipinski definition) is 3. The summed E-state index contributed by atoms with van der Waals surface area (Å²) < 4.78 is 27.1. The quantitative estimate of drug-likeness (QED) is 0.905. The molecule has 7 heteroatoms. The van der Waals surface area contributed by atoms with E-state index in [1.54, 1.807) is 6.92 Å². The van der Waals surface area contributed by atoms with Gasteiger partial charge >= 0.3 is 0 Å². The molecule has 5 nitrogen and oxygen atoms in total. The molecule has 1 atom stereocenters. The van der Waals surface area contributed by atoms with E-state index in [1.807, 2.05) is 31.2 Å². The van der Waals surface area contributed by atoms with Gasteiger partial charge in [0.05, 0.1) is 4.90 Å². The van der Waals surface area contributed by atoms with Gasteiger partial charge in [0.25, 0.3) is 5.56 Å². The molecule has 0 aliphatic rings. The lowest BCUT2D eigenvalue weighted by atomic mass is 10.1. The van der Waals surface area contributed by atoms with Crippen molar-refractivity contribution in [1.82, 2.24) is 9.71 Å². The predicted molar refractivity (Wildman–Crippen MR) is 82.0 cm³/mol. The van der Waals surface area contributed by atoms with Gasteiger partial charge in [-0.3, -0.25) is 4.79 Å². The Bertz CT molecular complexity index is 798. The number of H-pyrrole nitrogens is 1. The van der Waals surface area contributed by atoms with Crippen LogP contribution in [0.4, 0.5) is 0 Å². The van der Waals surface area contributed by atoms with Gasteiger partial charge in [-0.1, -0.05) is 41.4 Å². The molecule has 0 saturated heterocycles. The van der Waals surface area contributed by atoms with Crippen molar-refractivity contribution >= 4 is 21.6 Å². The summed E-state index contributed by atoms with van der Waals surface area (Å²) in [4.78, 5) is 13.4. The molecule has 1 aromatic carbocycles. The molecule has 1 heterocycles. The fourth-order valence-electron chi connectivity index (χ4n) is 1.82. The summed E-state index contributed by atoms with van der Waals surface area (Å²) >= 11 is 5.65. The topological polar surface area (TPSA) is 79.0 Å². The Kier molecular flexibility index (Phi) is 4.51. The van der Waals surface area contributed by atoms with Crippen LogP contribution in [0.3, 0.4) is 0 Å². The van der Waals surface area contributed by atoms with E-state index in [4.69, 9.17) is 11.6 Å². The van der Waals surface area contributed by atoms with Crippen molar-refractivity contribution in [3.8, 4) is 0 Å². The molecule has 0 radical (unpaired) electrons. The van der Waals surface area contributed by atoms with Gasteiger partial charge in [0.1, 0.15) is 5.02 Å². The molecular weight excluding hydrogens is 312 g/mol. The van der Waals surface area contributed by atoms with E-state index in [1.165, 1.54) is 0 Å². The fourth-order valence-corrected chi connectivity index (χ4v) is 3.28. The first-order chi connectivity index (χ1) is 9.79. The van der Waals surface area contributed by atoms with Crippen LogP contribution in [0.2, 0.25) is 5.02 Å². The average molecular weight is 327 g/mol. The van der Waals surface area contributed by atoms with Gasteiger partial charge in [0, 0.05) is 12.2 Å². The van der Waals surface area contributed by atoms with E-state index in [2.05, 4.69) is 9.71 Å². The molecule has 0 saturated carbocycles. The molecule has 0 amide bonds. The smallest absolute Gasteiger partial charge is 0.266 e. The number of hydrogen-bond donors (Lipinski definition) is 2. The van der Waals surface area contributed by atoms with Crippen LogP contribution in [0, 0.1) is 6.92 Å². The number of aryl methyl sites for hydroxylation is 1. The standard InChI is InChI=1S/C14H15ClN2O3S/c1-9-3-5-11(6-4-9)10(2)17-21(19,20)12-7-13(15)14(18)16-8-12/h3-8,10,17H,1-2H3,(H,16,18). The van der Waals surface area contributed by atoms with Crippen molar-refractivity contribution in [1.29, 1.82) is 0 Å². The highest BCUT2D eigenvalue weighted by Crippen LogP contribution is 2.17. The summed E-state index contributed by atoms with van der Waals surface area (Å²) in [6, 6.07) is 8.28. The summed E-state index contributed by atoms with van der Waals surface area (Å²) in [5, 5.41) is -0.166. The van der Waals surface area contributed by atoms with Crippen molar-refractivity contribution in [3.05, 3.63) is 63.0 Å². The normalized spacial score (nSPS) is 13.1. The third-order valence-electron chi connectivity index (χ3n) is 3.05. The minimum Gasteiger partial charge on any atom is -0.326 e. The summed E-state index contributed by atoms with van der Waals surface area (Å²) in [6.45, 7) is 3.70. The monoisotopic (exact) mass is 326 g/mol. The highest BCUT2D eigenvalue weighted by atomic mass is 35.5. The highest BCUT2D eigenvalue weighted by molar-refractivity contribution is 7.89. The second kappa shape index (κ2) is 6.01. The Morgan fingerprint density at radius 2 is 1.86 bits per heavy atom. The van der Waals surface area contributed by atoms with Crippen molar-refractivity contribution in [2.75, 3.05) is 0 Å². The Labute approximate surface area is 128 Å². The molecule has 112 valence electrons. The Hall–Kier alpha value is -1.63. The number of sulfonamides is 1. The van der Waals surface area contributed by atoms with E-state index in [-0.39, 0.29) is 9.92 Å². The zero-order valence-corrected chi connectivity index (χ0v) is 13.1. The van der Waals surface area contributed by atoms with Crippen molar-refractivity contribution in [2.45, 2.75) is 24.8 Å². The predicted octanol–water partition coefficient (Wildman–Crippen LogP) is 2.38. The maximum atomic E-state index is 12.3. The van der Waals surface area contributed by atoms with Gasteiger partial charge in [-0.15, -0.1) is 0 Å². The molecular formula is C14H15ClN2O3S. The van der Waals surface area contributed by atoms with Crippen LogP contribution in [-0.2, 0) is 10.0 Å². The maximum absolute atomic E-state index is 12.3. The van der Waals surface area contributed by atoms with Crippen LogP contribution in [0.15, 0.2) is 46.2 Å². The first kappa shape index (κ1) is 15.8. The van der Waals surface area contributed by atoms with Gasteiger partial charge < -0.3 is 4.98 Å². The minimum atomic E-state index is -3.76. The zero-order chi connectivity index (χ0) is 15.6. The maximum Gasteiger partial charge on any atom is 0.266 e. The number of pyridine rings is 1. The Morgan fingerprint density at radius 3 is 2.43 bits per heavy atom. The molecule has 0 aliphatic carbocycles. The van der Waals surface area contributed by atoms with Crippen LogP contribution in [0.25, 0.3) is 0 Å². The van der Waals surface area contributed by atoms with Gasteiger partial charge in [-0.2, -0.15) is 0 Å². The van der Waals surface area contributed by atoms with Crippen LogP contribution in [-0.4, -0.2) is 13.4 Å². The molecule has 2 N–H and O–H groups in total. The Balaban J connectivity index is 2.26. The highest BCUT2D eigenvalue weighted by Gasteiger charge is 2.19. The summed E-state index contributed by atoms with van der Waals surface area (Å²) in [5.74, 6) is 0. The SMILES string of the molecule is Cc1ccc(C(C)NS(=O)(=O)c2c[nH]c(=O)c(Cl)c2)cc1. The molecule has 2 aromatic rings. The van der Waals surface area contributed by atoms with Gasteiger partial charge in [-0.25, -0.2) is 13.1 Å². The number of halogens is 1. The Morgan fingerprint density at radius 1 is 1.24 bits per heavy atom. The largest absolute Gasteiger partial charge is 0.326 e. The number of rotatable bonds is 4. The van der Waals surface area contributed by atoms with Crippen LogP contribution in [0.1, 0.15) is 24.1 Å². The number of benzene rings is 1. The first-order valence-electron chi connectivity index (χ1n) is 6.27. The third kappa shape index (κ3) is 3.72. The lowest BCUT2D eigenvalue weighted by Gasteiger charge is -2.15. The number of aromatic amines is 1. The molecule has 1 aromatic heterocycles. The minimum absolute atomic E-state index is 0.0777. The second-order valence-corrected chi connectivity index (χ2v) is 6.89. The van der Waals surface area contributed by atoms with Gasteiger partial charge in [0.15, 0.2) is 0 Å². The molecule has 0 fully saturated rings. The second-order valence-electron chi connectivity index (χ2n) is 4.77. The van der Waals surface area contributed by atoms with Crippen LogP contribution < -0.4 is 10.3 Å². The van der Waals surface area contributed by atoms with Crippen molar-refractivity contribution in [3.63, 3.8) is 0 Å². The molecule has 21 heavy (non-hydrogen) atoms. The van der Waals surface area contributed by atoms with E-state index in [9.17, 15) is 13.2 Å². The molecule has 0 aliphatic heterocycles. The lowest BCUT2D eigenvalue weighted by Crippen LogP contribution is -2.27. The van der Waals surface area contributed by atoms with E-state index in [0.29, 0.717) is 0 Å². The lowest BCUT2D eigenvalue weighted by molar-refractivity contribution is 0.566. The van der Waals surface area contributed by atoms with Gasteiger partial charge in [-0.05, 0) is 25.5 Å². The first-order valence-corrected chi connectivity index (χ1v) is 8.13.